The van der Waals surface area contributed by atoms with Crippen LogP contribution in [0.2, 0.25) is 0 Å². The van der Waals surface area contributed by atoms with Crippen molar-refractivity contribution in [3.63, 3.8) is 0 Å². The number of benzene rings is 1. The Morgan fingerprint density at radius 2 is 2.11 bits per heavy atom. The van der Waals surface area contributed by atoms with Gasteiger partial charge in [-0.05, 0) is 37.3 Å². The molecule has 0 aliphatic carbocycles. The number of carbonyl (C=O) groups excluding carboxylic acids is 2. The number of aliphatic imine (C=N–C) groups is 1. The molecule has 0 saturated heterocycles. The van der Waals surface area contributed by atoms with Crippen molar-refractivity contribution in [3.05, 3.63) is 59.7 Å². The van der Waals surface area contributed by atoms with E-state index >= 15 is 0 Å². The second-order valence-electron chi connectivity index (χ2n) is 6.28. The van der Waals surface area contributed by atoms with Crippen LogP contribution >= 0.6 is 0 Å². The number of hydrogen-bond donors (Lipinski definition) is 3. The monoisotopic (exact) mass is 371 g/mol. The van der Waals surface area contributed by atoms with Crippen molar-refractivity contribution in [2.24, 2.45) is 10.7 Å². The standard InChI is InChI=1S/C18H18FN5O3/c1-18(14(25)16(27)24(2)17(20)23-18)11-9-10(6-7-12(11)19)22-15(26)13-5-3-4-8-21-13/h3-9,14,25H,1-2H3,(H2,20,23)(H,22,26). The Morgan fingerprint density at radius 1 is 1.37 bits per heavy atom. The molecule has 8 nitrogen and oxygen atoms in total. The van der Waals surface area contributed by atoms with Crippen molar-refractivity contribution < 1.29 is 19.1 Å². The quantitative estimate of drug-likeness (QED) is 0.738. The number of aliphatic hydroxyl groups excluding tert-OH is 1. The molecular weight excluding hydrogens is 353 g/mol. The van der Waals surface area contributed by atoms with Crippen LogP contribution in [0.5, 0.6) is 0 Å². The van der Waals surface area contributed by atoms with E-state index in [1.165, 1.54) is 38.4 Å². The Labute approximate surface area is 154 Å². The third kappa shape index (κ3) is 3.24. The van der Waals surface area contributed by atoms with Crippen LogP contribution in [-0.2, 0) is 10.3 Å². The Morgan fingerprint density at radius 3 is 2.78 bits per heavy atom. The highest BCUT2D eigenvalue weighted by atomic mass is 19.1. The fourth-order valence-corrected chi connectivity index (χ4v) is 2.80. The highest BCUT2D eigenvalue weighted by Crippen LogP contribution is 2.36. The summed E-state index contributed by atoms with van der Waals surface area (Å²) in [5, 5.41) is 13.0. The Bertz CT molecular complexity index is 934. The molecule has 0 fully saturated rings. The number of anilines is 1. The lowest BCUT2D eigenvalue weighted by molar-refractivity contribution is -0.140. The van der Waals surface area contributed by atoms with Gasteiger partial charge in [0.25, 0.3) is 11.8 Å². The molecule has 0 radical (unpaired) electrons. The zero-order valence-electron chi connectivity index (χ0n) is 14.7. The van der Waals surface area contributed by atoms with Crippen LogP contribution in [0.3, 0.4) is 0 Å². The number of aromatic nitrogens is 1. The smallest absolute Gasteiger partial charge is 0.274 e. The van der Waals surface area contributed by atoms with Gasteiger partial charge >= 0.3 is 0 Å². The van der Waals surface area contributed by atoms with E-state index in [9.17, 15) is 19.1 Å². The molecule has 2 unspecified atom stereocenters. The van der Waals surface area contributed by atoms with Crippen molar-refractivity contribution in [1.29, 1.82) is 0 Å². The van der Waals surface area contributed by atoms with Crippen LogP contribution in [0.25, 0.3) is 0 Å². The summed E-state index contributed by atoms with van der Waals surface area (Å²) in [6.07, 6.45) is -0.157. The first-order valence-electron chi connectivity index (χ1n) is 8.07. The third-order valence-electron chi connectivity index (χ3n) is 4.45. The van der Waals surface area contributed by atoms with E-state index in [1.54, 1.807) is 12.1 Å². The molecule has 2 aromatic rings. The van der Waals surface area contributed by atoms with Crippen molar-refractivity contribution in [2.75, 3.05) is 12.4 Å². The third-order valence-corrected chi connectivity index (χ3v) is 4.45. The fraction of sp³-hybridized carbons (Fsp3) is 0.222. The molecule has 0 saturated carbocycles. The number of amides is 2. The number of nitrogens with two attached hydrogens (primary N) is 1. The topological polar surface area (TPSA) is 121 Å². The van der Waals surface area contributed by atoms with E-state index in [0.29, 0.717) is 0 Å². The number of hydrogen-bond acceptors (Lipinski definition) is 6. The molecule has 140 valence electrons. The molecular formula is C18H18FN5O3. The van der Waals surface area contributed by atoms with Crippen LogP contribution in [-0.4, -0.2) is 45.9 Å². The van der Waals surface area contributed by atoms with Gasteiger partial charge in [-0.25, -0.2) is 9.38 Å². The van der Waals surface area contributed by atoms with Crippen molar-refractivity contribution in [3.8, 4) is 0 Å². The molecule has 9 heteroatoms. The van der Waals surface area contributed by atoms with E-state index < -0.39 is 29.3 Å². The zero-order chi connectivity index (χ0) is 19.8. The molecule has 27 heavy (non-hydrogen) atoms. The van der Waals surface area contributed by atoms with Gasteiger partial charge < -0.3 is 16.2 Å². The van der Waals surface area contributed by atoms with Crippen molar-refractivity contribution >= 4 is 23.5 Å². The zero-order valence-corrected chi connectivity index (χ0v) is 14.7. The predicted molar refractivity (Wildman–Crippen MR) is 96.3 cm³/mol. The van der Waals surface area contributed by atoms with Gasteiger partial charge in [0.05, 0.1) is 0 Å². The summed E-state index contributed by atoms with van der Waals surface area (Å²) in [5.41, 5.74) is 4.47. The normalized spacial score (nSPS) is 22.4. The number of nitrogens with one attached hydrogen (secondary N) is 1. The number of pyridine rings is 1. The van der Waals surface area contributed by atoms with Crippen LogP contribution in [0, 0.1) is 5.82 Å². The SMILES string of the molecule is CN1C(=O)C(O)C(C)(c2cc(NC(=O)c3ccccn3)ccc2F)N=C1N. The first kappa shape index (κ1) is 18.5. The minimum absolute atomic E-state index is 0.0711. The molecule has 0 spiro atoms. The molecule has 1 aromatic heterocycles. The lowest BCUT2D eigenvalue weighted by Gasteiger charge is -2.37. The number of carbonyl (C=O) groups is 2. The van der Waals surface area contributed by atoms with E-state index in [0.717, 1.165) is 11.0 Å². The molecule has 1 aliphatic rings. The predicted octanol–water partition coefficient (Wildman–Crippen LogP) is 0.836. The lowest BCUT2D eigenvalue weighted by Crippen LogP contribution is -2.57. The minimum atomic E-state index is -1.64. The second kappa shape index (κ2) is 6.76. The number of halogens is 1. The molecule has 3 rings (SSSR count). The lowest BCUT2D eigenvalue weighted by atomic mass is 9.84. The summed E-state index contributed by atoms with van der Waals surface area (Å²) < 4.78 is 14.5. The van der Waals surface area contributed by atoms with E-state index in [1.807, 2.05) is 0 Å². The van der Waals surface area contributed by atoms with Crippen molar-refractivity contribution in [2.45, 2.75) is 18.6 Å². The molecule has 1 aromatic carbocycles. The van der Waals surface area contributed by atoms with Gasteiger partial charge in [0.2, 0.25) is 0 Å². The first-order chi connectivity index (χ1) is 12.7. The average molecular weight is 371 g/mol. The van der Waals surface area contributed by atoms with Gasteiger partial charge in [0.15, 0.2) is 12.1 Å². The highest BCUT2D eigenvalue weighted by Gasteiger charge is 2.46. The van der Waals surface area contributed by atoms with Crippen molar-refractivity contribution in [1.82, 2.24) is 9.88 Å². The maximum Gasteiger partial charge on any atom is 0.274 e. The molecule has 4 N–H and O–H groups in total. The van der Waals surface area contributed by atoms with Crippen LogP contribution < -0.4 is 11.1 Å². The molecule has 2 atom stereocenters. The largest absolute Gasteiger partial charge is 0.380 e. The Balaban J connectivity index is 1.99. The van der Waals surface area contributed by atoms with Crippen LogP contribution in [0.1, 0.15) is 23.0 Å². The van der Waals surface area contributed by atoms with E-state index in [-0.39, 0.29) is 22.9 Å². The van der Waals surface area contributed by atoms with E-state index in [2.05, 4.69) is 15.3 Å². The number of guanidine groups is 1. The Hall–Kier alpha value is -3.33. The first-order valence-corrected chi connectivity index (χ1v) is 8.07. The van der Waals surface area contributed by atoms with Gasteiger partial charge in [-0.1, -0.05) is 6.07 Å². The highest BCUT2D eigenvalue weighted by molar-refractivity contribution is 6.03. The van der Waals surface area contributed by atoms with Crippen LogP contribution in [0.4, 0.5) is 10.1 Å². The van der Waals surface area contributed by atoms with Gasteiger partial charge in [-0.2, -0.15) is 0 Å². The number of rotatable bonds is 3. The van der Waals surface area contributed by atoms with Gasteiger partial charge in [0.1, 0.15) is 17.1 Å². The summed E-state index contributed by atoms with van der Waals surface area (Å²) in [7, 11) is 1.36. The number of nitrogens with zero attached hydrogens (tertiary/aromatic N) is 3. The summed E-state index contributed by atoms with van der Waals surface area (Å²) in [4.78, 5) is 33.5. The van der Waals surface area contributed by atoms with Crippen LogP contribution in [0.15, 0.2) is 47.6 Å². The van der Waals surface area contributed by atoms with Gasteiger partial charge in [0, 0.05) is 24.5 Å². The molecule has 2 heterocycles. The summed E-state index contributed by atoms with van der Waals surface area (Å²) in [6.45, 7) is 1.40. The number of likely N-dealkylation sites (N-methyl/N-ethyl adjacent to an activating group) is 1. The summed E-state index contributed by atoms with van der Waals surface area (Å²) in [5.74, 6) is -2.02. The maximum atomic E-state index is 14.5. The Kier molecular flexibility index (Phi) is 4.63. The maximum absolute atomic E-state index is 14.5. The fourth-order valence-electron chi connectivity index (χ4n) is 2.80. The minimum Gasteiger partial charge on any atom is -0.380 e. The van der Waals surface area contributed by atoms with Gasteiger partial charge in [-0.3, -0.25) is 19.5 Å². The summed E-state index contributed by atoms with van der Waals surface area (Å²) in [6, 6.07) is 8.67. The molecule has 0 bridgehead atoms. The van der Waals surface area contributed by atoms with E-state index in [4.69, 9.17) is 5.73 Å². The number of aliphatic hydroxyl groups is 1. The second-order valence-corrected chi connectivity index (χ2v) is 6.28. The average Bonchev–Trinajstić information content (AvgIpc) is 2.67. The van der Waals surface area contributed by atoms with Gasteiger partial charge in [-0.15, -0.1) is 0 Å². The summed E-state index contributed by atoms with van der Waals surface area (Å²) >= 11 is 0. The molecule has 1 aliphatic heterocycles. The molecule has 2 amide bonds.